The molecule has 0 atom stereocenters. The molecule has 148 valence electrons. The fourth-order valence-electron chi connectivity index (χ4n) is 3.48. The minimum atomic E-state index is 0.0731. The average molecular weight is 387 g/mol. The van der Waals surface area contributed by atoms with Crippen LogP contribution in [0.2, 0.25) is 0 Å². The zero-order valence-electron chi connectivity index (χ0n) is 16.6. The Balaban J connectivity index is 1.58. The summed E-state index contributed by atoms with van der Waals surface area (Å²) in [6, 6.07) is 15.6. The van der Waals surface area contributed by atoms with Gasteiger partial charge in [-0.1, -0.05) is 42.0 Å². The van der Waals surface area contributed by atoms with Gasteiger partial charge in [-0.15, -0.1) is 0 Å². The molecule has 1 amide bonds. The van der Waals surface area contributed by atoms with Crippen LogP contribution in [-0.2, 0) is 0 Å². The quantitative estimate of drug-likeness (QED) is 0.721. The van der Waals surface area contributed by atoms with Gasteiger partial charge in [0.05, 0.1) is 11.9 Å². The van der Waals surface area contributed by atoms with Crippen LogP contribution in [-0.4, -0.2) is 47.0 Å². The molecule has 29 heavy (non-hydrogen) atoms. The zero-order valence-corrected chi connectivity index (χ0v) is 16.6. The second kappa shape index (κ2) is 8.41. The highest BCUT2D eigenvalue weighted by Gasteiger charge is 2.17. The first-order valence-electron chi connectivity index (χ1n) is 9.92. The molecule has 3 N–H and O–H groups in total. The van der Waals surface area contributed by atoms with Crippen molar-refractivity contribution in [3.8, 4) is 22.5 Å². The van der Waals surface area contributed by atoms with Gasteiger partial charge in [-0.05, 0) is 32.0 Å². The van der Waals surface area contributed by atoms with E-state index >= 15 is 0 Å². The molecule has 2 heterocycles. The molecular weight excluding hydrogens is 362 g/mol. The fraction of sp³-hybridized carbons (Fsp3) is 0.261. The molecule has 1 aliphatic heterocycles. The van der Waals surface area contributed by atoms with Crippen molar-refractivity contribution in [3.63, 3.8) is 0 Å². The van der Waals surface area contributed by atoms with Gasteiger partial charge in [0.1, 0.15) is 11.5 Å². The molecule has 4 rings (SSSR count). The molecule has 3 aromatic rings. The first kappa shape index (κ1) is 19.1. The van der Waals surface area contributed by atoms with Crippen LogP contribution < -0.4 is 11.1 Å². The van der Waals surface area contributed by atoms with Crippen molar-refractivity contribution in [2.24, 2.45) is 0 Å². The van der Waals surface area contributed by atoms with Crippen molar-refractivity contribution in [2.45, 2.75) is 13.3 Å². The molecule has 1 fully saturated rings. The third-order valence-corrected chi connectivity index (χ3v) is 5.18. The number of carbonyl (C=O) groups is 1. The summed E-state index contributed by atoms with van der Waals surface area (Å²) in [6.07, 6.45) is 2.65. The molecule has 0 radical (unpaired) electrons. The monoisotopic (exact) mass is 387 g/mol. The van der Waals surface area contributed by atoms with Gasteiger partial charge in [-0.3, -0.25) is 4.79 Å². The molecule has 2 aromatic carbocycles. The number of nitrogens with zero attached hydrogens (tertiary/aromatic N) is 3. The van der Waals surface area contributed by atoms with Gasteiger partial charge < -0.3 is 16.0 Å². The second-order valence-corrected chi connectivity index (χ2v) is 7.33. The number of aryl methyl sites for hydroxylation is 1. The average Bonchev–Trinajstić information content (AvgIpc) is 3.04. The van der Waals surface area contributed by atoms with E-state index < -0.39 is 0 Å². The van der Waals surface area contributed by atoms with Crippen LogP contribution in [0.4, 0.5) is 5.82 Å². The summed E-state index contributed by atoms with van der Waals surface area (Å²) in [5.74, 6) is 0.475. The number of rotatable bonds is 3. The van der Waals surface area contributed by atoms with E-state index in [1.165, 1.54) is 5.56 Å². The summed E-state index contributed by atoms with van der Waals surface area (Å²) < 4.78 is 0. The minimum Gasteiger partial charge on any atom is -0.382 e. The van der Waals surface area contributed by atoms with Crippen molar-refractivity contribution >= 4 is 11.7 Å². The lowest BCUT2D eigenvalue weighted by molar-refractivity contribution is 0.0766. The number of nitrogen functional groups attached to an aromatic ring is 1. The van der Waals surface area contributed by atoms with Crippen molar-refractivity contribution in [2.75, 3.05) is 31.9 Å². The van der Waals surface area contributed by atoms with Gasteiger partial charge in [0, 0.05) is 36.3 Å². The standard InChI is InChI=1S/C23H25N5O/c1-16-3-5-18(6-4-16)21-22(24)26-15-20(27-21)17-7-9-19(10-8-17)23(29)28-13-2-11-25-12-14-28/h3-10,15,25H,2,11-14H2,1H3,(H2,24,26). The Labute approximate surface area is 170 Å². The molecule has 0 bridgehead atoms. The number of anilines is 1. The Hall–Kier alpha value is -3.25. The maximum absolute atomic E-state index is 12.8. The number of benzene rings is 2. The summed E-state index contributed by atoms with van der Waals surface area (Å²) in [6.45, 7) is 5.37. The highest BCUT2D eigenvalue weighted by atomic mass is 16.2. The normalized spacial score (nSPS) is 14.4. The summed E-state index contributed by atoms with van der Waals surface area (Å²) in [5, 5.41) is 3.32. The van der Waals surface area contributed by atoms with E-state index in [0.717, 1.165) is 49.4 Å². The topological polar surface area (TPSA) is 84.1 Å². The van der Waals surface area contributed by atoms with E-state index in [2.05, 4.69) is 10.3 Å². The molecule has 6 heteroatoms. The second-order valence-electron chi connectivity index (χ2n) is 7.33. The number of aromatic nitrogens is 2. The third kappa shape index (κ3) is 4.27. The van der Waals surface area contributed by atoms with Crippen LogP contribution in [0.1, 0.15) is 22.3 Å². The van der Waals surface area contributed by atoms with Crippen LogP contribution in [0, 0.1) is 6.92 Å². The number of nitrogens with one attached hydrogen (secondary N) is 1. The molecule has 0 saturated carbocycles. The van der Waals surface area contributed by atoms with E-state index in [1.54, 1.807) is 6.20 Å². The number of hydrogen-bond donors (Lipinski definition) is 2. The molecule has 1 saturated heterocycles. The van der Waals surface area contributed by atoms with Crippen LogP contribution in [0.5, 0.6) is 0 Å². The first-order valence-corrected chi connectivity index (χ1v) is 9.92. The van der Waals surface area contributed by atoms with Crippen molar-refractivity contribution in [3.05, 3.63) is 65.9 Å². The number of carbonyl (C=O) groups excluding carboxylic acids is 1. The molecule has 0 aliphatic carbocycles. The van der Waals surface area contributed by atoms with Gasteiger partial charge in [0.2, 0.25) is 0 Å². The van der Waals surface area contributed by atoms with Gasteiger partial charge in [-0.25, -0.2) is 9.97 Å². The van der Waals surface area contributed by atoms with E-state index in [9.17, 15) is 4.79 Å². The third-order valence-electron chi connectivity index (χ3n) is 5.18. The van der Waals surface area contributed by atoms with Gasteiger partial charge in [0.25, 0.3) is 5.91 Å². The van der Waals surface area contributed by atoms with Crippen molar-refractivity contribution < 1.29 is 4.79 Å². The number of hydrogen-bond acceptors (Lipinski definition) is 5. The molecule has 1 aliphatic rings. The number of nitrogens with two attached hydrogens (primary N) is 1. The largest absolute Gasteiger partial charge is 0.382 e. The summed E-state index contributed by atoms with van der Waals surface area (Å²) in [4.78, 5) is 23.7. The first-order chi connectivity index (χ1) is 14.1. The molecular formula is C23H25N5O. The molecule has 1 aromatic heterocycles. The number of amides is 1. The molecule has 6 nitrogen and oxygen atoms in total. The Morgan fingerprint density at radius 3 is 2.48 bits per heavy atom. The highest BCUT2D eigenvalue weighted by molar-refractivity contribution is 5.94. The lowest BCUT2D eigenvalue weighted by Gasteiger charge is -2.20. The van der Waals surface area contributed by atoms with Crippen LogP contribution in [0.3, 0.4) is 0 Å². The van der Waals surface area contributed by atoms with Crippen molar-refractivity contribution in [1.82, 2.24) is 20.2 Å². The molecule has 0 unspecified atom stereocenters. The Bertz CT molecular complexity index is 991. The summed E-state index contributed by atoms with van der Waals surface area (Å²) in [7, 11) is 0. The molecule has 0 spiro atoms. The van der Waals surface area contributed by atoms with Gasteiger partial charge in [-0.2, -0.15) is 0 Å². The minimum absolute atomic E-state index is 0.0731. The summed E-state index contributed by atoms with van der Waals surface area (Å²) >= 11 is 0. The highest BCUT2D eigenvalue weighted by Crippen LogP contribution is 2.26. The predicted molar refractivity (Wildman–Crippen MR) is 115 cm³/mol. The fourth-order valence-corrected chi connectivity index (χ4v) is 3.48. The Morgan fingerprint density at radius 1 is 1.00 bits per heavy atom. The zero-order chi connectivity index (χ0) is 20.2. The maximum atomic E-state index is 12.8. The Kier molecular flexibility index (Phi) is 5.53. The lowest BCUT2D eigenvalue weighted by atomic mass is 10.1. The predicted octanol–water partition coefficient (Wildman–Crippen LogP) is 3.14. The van der Waals surface area contributed by atoms with Crippen LogP contribution in [0.15, 0.2) is 54.7 Å². The Morgan fingerprint density at radius 2 is 1.72 bits per heavy atom. The summed E-state index contributed by atoms with van der Waals surface area (Å²) in [5.41, 5.74) is 11.2. The SMILES string of the molecule is Cc1ccc(-c2nc(-c3ccc(C(=O)N4CCCNCC4)cc3)cnc2N)cc1. The van der Waals surface area contributed by atoms with Crippen molar-refractivity contribution in [1.29, 1.82) is 0 Å². The van der Waals surface area contributed by atoms with E-state index in [4.69, 9.17) is 10.7 Å². The van der Waals surface area contributed by atoms with Crippen LogP contribution >= 0.6 is 0 Å². The van der Waals surface area contributed by atoms with E-state index in [-0.39, 0.29) is 5.91 Å². The lowest BCUT2D eigenvalue weighted by Crippen LogP contribution is -2.34. The maximum Gasteiger partial charge on any atom is 0.253 e. The van der Waals surface area contributed by atoms with Crippen LogP contribution in [0.25, 0.3) is 22.5 Å². The van der Waals surface area contributed by atoms with E-state index in [0.29, 0.717) is 17.1 Å². The van der Waals surface area contributed by atoms with E-state index in [1.807, 2.05) is 60.4 Å². The van der Waals surface area contributed by atoms with Gasteiger partial charge >= 0.3 is 0 Å². The van der Waals surface area contributed by atoms with Gasteiger partial charge in [0.15, 0.2) is 0 Å². The smallest absolute Gasteiger partial charge is 0.253 e.